The first-order valence-corrected chi connectivity index (χ1v) is 8.49. The Hall–Kier alpha value is -2.86. The Bertz CT molecular complexity index is 895. The Kier molecular flexibility index (Phi) is 4.11. The molecule has 0 aliphatic carbocycles. The monoisotopic (exact) mass is 335 g/mol. The van der Waals surface area contributed by atoms with Crippen molar-refractivity contribution in [2.75, 3.05) is 31.1 Å². The van der Waals surface area contributed by atoms with E-state index in [1.165, 1.54) is 16.5 Å². The Morgan fingerprint density at radius 3 is 2.80 bits per heavy atom. The van der Waals surface area contributed by atoms with Crippen LogP contribution in [0.1, 0.15) is 15.9 Å². The summed E-state index contributed by atoms with van der Waals surface area (Å²) in [4.78, 5) is 23.7. The van der Waals surface area contributed by atoms with E-state index in [9.17, 15) is 4.79 Å². The van der Waals surface area contributed by atoms with E-state index in [4.69, 9.17) is 5.73 Å². The lowest BCUT2D eigenvalue weighted by Crippen LogP contribution is -2.46. The van der Waals surface area contributed by atoms with E-state index in [1.807, 2.05) is 6.20 Å². The lowest BCUT2D eigenvalue weighted by Gasteiger charge is -2.35. The largest absolute Gasteiger partial charge is 0.366 e. The molecule has 6 nitrogen and oxygen atoms in total. The van der Waals surface area contributed by atoms with Crippen molar-refractivity contribution in [3.8, 4) is 0 Å². The van der Waals surface area contributed by atoms with Crippen molar-refractivity contribution in [2.45, 2.75) is 6.54 Å². The number of anilines is 1. The topological polar surface area (TPSA) is 78.2 Å². The smallest absolute Gasteiger partial charge is 0.248 e. The molecule has 3 aromatic rings. The summed E-state index contributed by atoms with van der Waals surface area (Å²) in [5, 5.41) is 1.25. The van der Waals surface area contributed by atoms with Gasteiger partial charge in [-0.25, -0.2) is 4.98 Å². The predicted molar refractivity (Wildman–Crippen MR) is 98.5 cm³/mol. The van der Waals surface area contributed by atoms with E-state index in [0.717, 1.165) is 38.5 Å². The number of piperazine rings is 1. The molecule has 1 amide bonds. The average molecular weight is 335 g/mol. The molecule has 2 aromatic heterocycles. The van der Waals surface area contributed by atoms with Gasteiger partial charge < -0.3 is 15.6 Å². The molecule has 0 unspecified atom stereocenters. The van der Waals surface area contributed by atoms with Gasteiger partial charge in [0.1, 0.15) is 5.82 Å². The molecule has 6 heteroatoms. The van der Waals surface area contributed by atoms with Crippen LogP contribution >= 0.6 is 0 Å². The number of nitrogens with zero attached hydrogens (tertiary/aromatic N) is 3. The molecule has 1 saturated heterocycles. The molecule has 1 aromatic carbocycles. The quantitative estimate of drug-likeness (QED) is 0.764. The number of primary amides is 1. The van der Waals surface area contributed by atoms with Crippen LogP contribution in [0.5, 0.6) is 0 Å². The van der Waals surface area contributed by atoms with Crippen molar-refractivity contribution in [3.63, 3.8) is 0 Å². The number of carbonyl (C=O) groups excluding carboxylic acids is 1. The molecule has 1 fully saturated rings. The minimum Gasteiger partial charge on any atom is -0.366 e. The van der Waals surface area contributed by atoms with Gasteiger partial charge >= 0.3 is 0 Å². The molecule has 0 radical (unpaired) electrons. The van der Waals surface area contributed by atoms with E-state index in [0.29, 0.717) is 5.56 Å². The van der Waals surface area contributed by atoms with Gasteiger partial charge in [-0.2, -0.15) is 0 Å². The molecule has 25 heavy (non-hydrogen) atoms. The molecule has 1 aliphatic rings. The highest BCUT2D eigenvalue weighted by molar-refractivity contribution is 5.93. The minimum absolute atomic E-state index is 0.415. The number of hydrogen-bond donors (Lipinski definition) is 2. The second-order valence-electron chi connectivity index (χ2n) is 6.39. The predicted octanol–water partition coefficient (Wildman–Crippen LogP) is 1.98. The first-order chi connectivity index (χ1) is 12.2. The van der Waals surface area contributed by atoms with Gasteiger partial charge in [-0.3, -0.25) is 9.69 Å². The molecule has 4 rings (SSSR count). The molecule has 1 aliphatic heterocycles. The number of hydrogen-bond acceptors (Lipinski definition) is 4. The van der Waals surface area contributed by atoms with Crippen LogP contribution in [0.4, 0.5) is 5.82 Å². The molecule has 0 bridgehead atoms. The van der Waals surface area contributed by atoms with Gasteiger partial charge in [0.2, 0.25) is 5.91 Å². The normalized spacial score (nSPS) is 15.6. The molecule has 0 saturated carbocycles. The summed E-state index contributed by atoms with van der Waals surface area (Å²) in [6, 6.07) is 12.0. The van der Waals surface area contributed by atoms with Gasteiger partial charge in [0.25, 0.3) is 0 Å². The fourth-order valence-corrected chi connectivity index (χ4v) is 3.40. The third-order valence-electron chi connectivity index (χ3n) is 4.79. The van der Waals surface area contributed by atoms with Crippen LogP contribution in [0.25, 0.3) is 10.9 Å². The highest BCUT2D eigenvalue weighted by Crippen LogP contribution is 2.20. The summed E-state index contributed by atoms with van der Waals surface area (Å²) in [7, 11) is 0. The van der Waals surface area contributed by atoms with Crippen LogP contribution in [-0.2, 0) is 6.54 Å². The van der Waals surface area contributed by atoms with Crippen molar-refractivity contribution < 1.29 is 4.79 Å². The van der Waals surface area contributed by atoms with Gasteiger partial charge in [0.05, 0.1) is 0 Å². The van der Waals surface area contributed by atoms with E-state index in [-0.39, 0.29) is 0 Å². The van der Waals surface area contributed by atoms with Gasteiger partial charge in [0.15, 0.2) is 0 Å². The summed E-state index contributed by atoms with van der Waals surface area (Å²) >= 11 is 0. The molecule has 3 N–H and O–H groups in total. The Balaban J connectivity index is 1.42. The number of pyridine rings is 1. The maximum atomic E-state index is 11.3. The molecule has 3 heterocycles. The van der Waals surface area contributed by atoms with Crippen LogP contribution < -0.4 is 10.6 Å². The lowest BCUT2D eigenvalue weighted by molar-refractivity contribution is 0.1000. The van der Waals surface area contributed by atoms with Crippen LogP contribution in [-0.4, -0.2) is 47.0 Å². The zero-order chi connectivity index (χ0) is 17.2. The molecule has 0 atom stereocenters. The van der Waals surface area contributed by atoms with Gasteiger partial charge in [-0.1, -0.05) is 18.2 Å². The van der Waals surface area contributed by atoms with Crippen LogP contribution in [0, 0.1) is 0 Å². The third-order valence-corrected chi connectivity index (χ3v) is 4.79. The second-order valence-corrected chi connectivity index (χ2v) is 6.39. The maximum Gasteiger partial charge on any atom is 0.248 e. The average Bonchev–Trinajstić information content (AvgIpc) is 3.12. The zero-order valence-electron chi connectivity index (χ0n) is 14.0. The first kappa shape index (κ1) is 15.7. The summed E-state index contributed by atoms with van der Waals surface area (Å²) in [6.45, 7) is 4.62. The maximum absolute atomic E-state index is 11.3. The number of carbonyl (C=O) groups is 1. The highest BCUT2D eigenvalue weighted by Gasteiger charge is 2.19. The highest BCUT2D eigenvalue weighted by atomic mass is 16.1. The van der Waals surface area contributed by atoms with Crippen molar-refractivity contribution >= 4 is 22.6 Å². The molecular formula is C19H21N5O. The van der Waals surface area contributed by atoms with Gasteiger partial charge in [-0.15, -0.1) is 0 Å². The van der Waals surface area contributed by atoms with Gasteiger partial charge in [0, 0.05) is 56.2 Å². The fraction of sp³-hybridized carbons (Fsp3) is 0.263. The number of nitrogens with one attached hydrogen (secondary N) is 1. The molecular weight excluding hydrogens is 314 g/mol. The number of nitrogens with two attached hydrogens (primary N) is 1. The number of para-hydroxylation sites is 1. The van der Waals surface area contributed by atoms with Crippen molar-refractivity contribution in [1.82, 2.24) is 14.9 Å². The Morgan fingerprint density at radius 1 is 1.16 bits per heavy atom. The number of rotatable bonds is 4. The van der Waals surface area contributed by atoms with E-state index >= 15 is 0 Å². The lowest BCUT2D eigenvalue weighted by atomic mass is 10.1. The summed E-state index contributed by atoms with van der Waals surface area (Å²) in [6.07, 6.45) is 3.64. The Labute approximate surface area is 146 Å². The van der Waals surface area contributed by atoms with Gasteiger partial charge in [-0.05, 0) is 29.1 Å². The standard InChI is InChI=1S/C19H21N5O/c20-19(25)15-5-6-21-17(12-15)24-10-8-23(9-11-24)13-16-3-1-2-14-4-7-22-18(14)16/h1-7,12,22H,8-11,13H2,(H2,20,25). The van der Waals surface area contributed by atoms with Crippen LogP contribution in [0.15, 0.2) is 48.8 Å². The van der Waals surface area contributed by atoms with E-state index < -0.39 is 5.91 Å². The van der Waals surface area contributed by atoms with Crippen molar-refractivity contribution in [3.05, 3.63) is 59.9 Å². The van der Waals surface area contributed by atoms with Crippen molar-refractivity contribution in [2.24, 2.45) is 5.73 Å². The molecule has 128 valence electrons. The fourth-order valence-electron chi connectivity index (χ4n) is 3.40. The first-order valence-electron chi connectivity index (χ1n) is 8.49. The zero-order valence-corrected chi connectivity index (χ0v) is 14.0. The van der Waals surface area contributed by atoms with E-state index in [2.05, 4.69) is 44.0 Å². The van der Waals surface area contributed by atoms with Crippen molar-refractivity contribution in [1.29, 1.82) is 0 Å². The number of benzene rings is 1. The Morgan fingerprint density at radius 2 is 2.00 bits per heavy atom. The summed E-state index contributed by atoms with van der Waals surface area (Å²) in [5.41, 5.74) is 8.41. The van der Waals surface area contributed by atoms with E-state index in [1.54, 1.807) is 18.3 Å². The summed E-state index contributed by atoms with van der Waals surface area (Å²) < 4.78 is 0. The second kappa shape index (κ2) is 6.57. The number of aromatic amines is 1. The van der Waals surface area contributed by atoms with Crippen LogP contribution in [0.2, 0.25) is 0 Å². The third kappa shape index (κ3) is 3.21. The summed E-state index contributed by atoms with van der Waals surface area (Å²) in [5.74, 6) is 0.406. The molecule has 0 spiro atoms. The number of amides is 1. The number of fused-ring (bicyclic) bond motifs is 1. The minimum atomic E-state index is -0.415. The number of aromatic nitrogens is 2. The number of H-pyrrole nitrogens is 1. The SMILES string of the molecule is NC(=O)c1ccnc(N2CCN(Cc3cccc4cc[nH]c34)CC2)c1. The van der Waals surface area contributed by atoms with Crippen LogP contribution in [0.3, 0.4) is 0 Å².